The SMILES string of the molecule is COC(=O)/C(=C/C[P+](=O)CO)NC(=O)c1ccccc1. The molecule has 0 aliphatic carbocycles. The van der Waals surface area contributed by atoms with Gasteiger partial charge < -0.3 is 15.2 Å². The quantitative estimate of drug-likeness (QED) is 0.468. The molecule has 0 bridgehead atoms. The van der Waals surface area contributed by atoms with Gasteiger partial charge in [-0.05, 0) is 18.2 Å². The zero-order valence-electron chi connectivity index (χ0n) is 10.9. The third-order valence-corrected chi connectivity index (χ3v) is 3.25. The van der Waals surface area contributed by atoms with Gasteiger partial charge in [-0.2, -0.15) is 0 Å². The molecule has 106 valence electrons. The lowest BCUT2D eigenvalue weighted by molar-refractivity contribution is -0.136. The molecule has 0 radical (unpaired) electrons. The van der Waals surface area contributed by atoms with Gasteiger partial charge in [-0.1, -0.05) is 22.8 Å². The van der Waals surface area contributed by atoms with E-state index in [9.17, 15) is 14.2 Å². The van der Waals surface area contributed by atoms with Crippen molar-refractivity contribution in [3.8, 4) is 0 Å². The van der Waals surface area contributed by atoms with Crippen LogP contribution in [0.15, 0.2) is 42.1 Å². The highest BCUT2D eigenvalue weighted by Gasteiger charge is 2.17. The van der Waals surface area contributed by atoms with Crippen molar-refractivity contribution in [2.24, 2.45) is 0 Å². The Morgan fingerprint density at radius 3 is 2.55 bits per heavy atom. The number of aliphatic hydroxyl groups excluding tert-OH is 1. The number of nitrogens with one attached hydrogen (secondary N) is 1. The number of esters is 1. The summed E-state index contributed by atoms with van der Waals surface area (Å²) in [7, 11) is -0.672. The highest BCUT2D eigenvalue weighted by Crippen LogP contribution is 2.18. The van der Waals surface area contributed by atoms with Gasteiger partial charge in [0.15, 0.2) is 6.16 Å². The highest BCUT2D eigenvalue weighted by molar-refractivity contribution is 7.44. The number of hydrogen-bond acceptors (Lipinski definition) is 5. The smallest absolute Gasteiger partial charge is 0.370 e. The van der Waals surface area contributed by atoms with Gasteiger partial charge in [0, 0.05) is 5.56 Å². The number of carbonyl (C=O) groups is 2. The minimum atomic E-state index is -1.85. The van der Waals surface area contributed by atoms with E-state index in [0.29, 0.717) is 5.56 Å². The number of aliphatic hydroxyl groups is 1. The first-order valence-electron chi connectivity index (χ1n) is 5.76. The molecule has 0 aliphatic heterocycles. The summed E-state index contributed by atoms with van der Waals surface area (Å²) in [6, 6.07) is 8.34. The average molecular weight is 296 g/mol. The fraction of sp³-hybridized carbons (Fsp3) is 0.231. The lowest BCUT2D eigenvalue weighted by Crippen LogP contribution is -2.28. The van der Waals surface area contributed by atoms with Crippen LogP contribution < -0.4 is 5.32 Å². The molecule has 1 amide bonds. The second kappa shape index (κ2) is 8.19. The molecule has 6 nitrogen and oxygen atoms in total. The Balaban J connectivity index is 2.82. The maximum atomic E-state index is 11.9. The molecule has 0 saturated carbocycles. The normalized spacial score (nSPS) is 11.7. The van der Waals surface area contributed by atoms with Gasteiger partial charge in [0.1, 0.15) is 5.70 Å². The predicted molar refractivity (Wildman–Crippen MR) is 73.6 cm³/mol. The summed E-state index contributed by atoms with van der Waals surface area (Å²) in [6.07, 6.45) is 0.778. The Hall–Kier alpha value is -2.04. The van der Waals surface area contributed by atoms with Crippen LogP contribution in [0.2, 0.25) is 0 Å². The number of rotatable bonds is 6. The molecule has 1 rings (SSSR count). The summed E-state index contributed by atoms with van der Waals surface area (Å²) < 4.78 is 15.7. The second-order valence-electron chi connectivity index (χ2n) is 3.74. The summed E-state index contributed by atoms with van der Waals surface area (Å²) in [6.45, 7) is 0. The average Bonchev–Trinajstić information content (AvgIpc) is 2.50. The molecule has 0 aliphatic rings. The lowest BCUT2D eigenvalue weighted by atomic mass is 10.2. The van der Waals surface area contributed by atoms with E-state index in [1.807, 2.05) is 0 Å². The summed E-state index contributed by atoms with van der Waals surface area (Å²) in [5.74, 6) is -1.21. The first-order valence-corrected chi connectivity index (χ1v) is 7.39. The number of methoxy groups -OCH3 is 1. The van der Waals surface area contributed by atoms with Gasteiger partial charge in [-0.25, -0.2) is 4.79 Å². The van der Waals surface area contributed by atoms with E-state index in [1.54, 1.807) is 30.3 Å². The van der Waals surface area contributed by atoms with Crippen molar-refractivity contribution in [1.29, 1.82) is 0 Å². The Morgan fingerprint density at radius 1 is 1.35 bits per heavy atom. The van der Waals surface area contributed by atoms with Crippen LogP contribution in [0, 0.1) is 0 Å². The number of carbonyl (C=O) groups excluding carboxylic acids is 2. The van der Waals surface area contributed by atoms with Crippen LogP contribution in [0.5, 0.6) is 0 Å². The number of ether oxygens (including phenoxy) is 1. The maximum absolute atomic E-state index is 11.9. The van der Waals surface area contributed by atoms with Crippen LogP contribution in [-0.2, 0) is 14.1 Å². The van der Waals surface area contributed by atoms with Crippen molar-refractivity contribution in [3.05, 3.63) is 47.7 Å². The summed E-state index contributed by atoms with van der Waals surface area (Å²) in [5.41, 5.74) is 0.284. The van der Waals surface area contributed by atoms with Crippen LogP contribution in [-0.4, -0.2) is 36.6 Å². The van der Waals surface area contributed by atoms with Gasteiger partial charge in [0.05, 0.1) is 7.11 Å². The standard InChI is InChI=1S/C13H14NO5P/c1-19-13(17)11(7-8-20(18)9-15)14-12(16)10-5-3-2-4-6-10/h2-7,15H,8-9H2,1H3/p+1/b11-7-. The van der Waals surface area contributed by atoms with E-state index in [-0.39, 0.29) is 11.9 Å². The number of hydrogen-bond donors (Lipinski definition) is 2. The Bertz CT molecular complexity index is 527. The molecule has 2 N–H and O–H groups in total. The molecule has 7 heteroatoms. The molecular weight excluding hydrogens is 281 g/mol. The van der Waals surface area contributed by atoms with Crippen molar-refractivity contribution in [3.63, 3.8) is 0 Å². The van der Waals surface area contributed by atoms with E-state index >= 15 is 0 Å². The van der Waals surface area contributed by atoms with E-state index in [2.05, 4.69) is 10.1 Å². The molecular formula is C13H15NO5P+. The molecule has 1 atom stereocenters. The molecule has 0 aromatic heterocycles. The molecule has 1 unspecified atom stereocenters. The largest absolute Gasteiger partial charge is 0.464 e. The Morgan fingerprint density at radius 2 is 2.00 bits per heavy atom. The molecule has 0 heterocycles. The van der Waals surface area contributed by atoms with Gasteiger partial charge in [-0.3, -0.25) is 4.79 Å². The second-order valence-corrected chi connectivity index (χ2v) is 5.35. The van der Waals surface area contributed by atoms with Crippen LogP contribution in [0.25, 0.3) is 0 Å². The molecule has 20 heavy (non-hydrogen) atoms. The first kappa shape index (κ1) is 16.0. The van der Waals surface area contributed by atoms with Crippen molar-refractivity contribution in [1.82, 2.24) is 5.32 Å². The minimum Gasteiger partial charge on any atom is -0.464 e. The third-order valence-electron chi connectivity index (χ3n) is 2.35. The van der Waals surface area contributed by atoms with E-state index in [1.165, 1.54) is 13.2 Å². The van der Waals surface area contributed by atoms with E-state index in [4.69, 9.17) is 5.11 Å². The predicted octanol–water partition coefficient (Wildman–Crippen LogP) is 1.25. The van der Waals surface area contributed by atoms with Gasteiger partial charge in [0.2, 0.25) is 6.35 Å². The Kier molecular flexibility index (Phi) is 6.56. The zero-order chi connectivity index (χ0) is 15.0. The monoisotopic (exact) mass is 296 g/mol. The van der Waals surface area contributed by atoms with Crippen LogP contribution >= 0.6 is 7.80 Å². The topological polar surface area (TPSA) is 92.7 Å². The van der Waals surface area contributed by atoms with Crippen molar-refractivity contribution in [2.45, 2.75) is 0 Å². The minimum absolute atomic E-state index is 0.0225. The molecule has 1 aromatic rings. The number of amides is 1. The fourth-order valence-corrected chi connectivity index (χ4v) is 1.83. The van der Waals surface area contributed by atoms with E-state index < -0.39 is 26.0 Å². The lowest BCUT2D eigenvalue weighted by Gasteiger charge is -2.07. The Labute approximate surface area is 117 Å². The summed E-state index contributed by atoms with van der Waals surface area (Å²) in [4.78, 5) is 23.4. The van der Waals surface area contributed by atoms with Gasteiger partial charge in [0.25, 0.3) is 5.91 Å². The maximum Gasteiger partial charge on any atom is 0.370 e. The zero-order valence-corrected chi connectivity index (χ0v) is 11.8. The number of allylic oxidation sites excluding steroid dienone is 1. The van der Waals surface area contributed by atoms with E-state index in [0.717, 1.165) is 0 Å². The van der Waals surface area contributed by atoms with Crippen LogP contribution in [0.1, 0.15) is 10.4 Å². The van der Waals surface area contributed by atoms with Gasteiger partial charge >= 0.3 is 13.8 Å². The highest BCUT2D eigenvalue weighted by atomic mass is 31.1. The molecule has 1 aromatic carbocycles. The summed E-state index contributed by atoms with van der Waals surface area (Å²) >= 11 is 0. The molecule has 0 fully saturated rings. The van der Waals surface area contributed by atoms with Crippen molar-refractivity contribution in [2.75, 3.05) is 19.6 Å². The third kappa shape index (κ3) is 4.91. The van der Waals surface area contributed by atoms with Crippen molar-refractivity contribution >= 4 is 19.7 Å². The fourth-order valence-electron chi connectivity index (χ4n) is 1.33. The van der Waals surface area contributed by atoms with Crippen LogP contribution in [0.4, 0.5) is 0 Å². The first-order chi connectivity index (χ1) is 9.58. The molecule has 0 spiro atoms. The van der Waals surface area contributed by atoms with Crippen molar-refractivity contribution < 1.29 is 24.0 Å². The van der Waals surface area contributed by atoms with Gasteiger partial charge in [-0.15, -0.1) is 0 Å². The van der Waals surface area contributed by atoms with Crippen LogP contribution in [0.3, 0.4) is 0 Å². The molecule has 0 saturated heterocycles. The number of benzene rings is 1. The summed E-state index contributed by atoms with van der Waals surface area (Å²) in [5, 5.41) is 11.1.